The largest absolute Gasteiger partial charge is 0.484 e. The van der Waals surface area contributed by atoms with E-state index in [4.69, 9.17) is 27.9 Å². The van der Waals surface area contributed by atoms with Crippen molar-refractivity contribution < 1.29 is 17.9 Å². The van der Waals surface area contributed by atoms with Gasteiger partial charge in [0.25, 0.3) is 15.9 Å². The first kappa shape index (κ1) is 22.5. The molecule has 0 atom stereocenters. The molecule has 0 fully saturated rings. The standard InChI is InChI=1S/C23H20Cl2N2O4S/c24-18-6-5-17(21(25)13-18)14-26-23(28)15-31-19-7-9-20(10-8-19)32(29,30)27-12-11-16-3-1-2-4-22(16)27/h1-10,13H,11-12,14-15H2,(H,26,28). The van der Waals surface area contributed by atoms with Crippen molar-refractivity contribution in [3.05, 3.63) is 87.9 Å². The minimum absolute atomic E-state index is 0.170. The van der Waals surface area contributed by atoms with Gasteiger partial charge < -0.3 is 10.1 Å². The van der Waals surface area contributed by atoms with Crippen molar-refractivity contribution in [1.29, 1.82) is 0 Å². The number of carbonyl (C=O) groups is 1. The van der Waals surface area contributed by atoms with Crippen LogP contribution in [0.15, 0.2) is 71.6 Å². The maximum absolute atomic E-state index is 13.0. The number of anilines is 1. The lowest BCUT2D eigenvalue weighted by atomic mass is 10.2. The molecular weight excluding hydrogens is 471 g/mol. The summed E-state index contributed by atoms with van der Waals surface area (Å²) in [6, 6.07) is 18.6. The summed E-state index contributed by atoms with van der Waals surface area (Å²) in [6.45, 7) is 0.446. The van der Waals surface area contributed by atoms with E-state index in [1.165, 1.54) is 28.6 Å². The van der Waals surface area contributed by atoms with Crippen molar-refractivity contribution in [2.24, 2.45) is 0 Å². The molecule has 0 spiro atoms. The van der Waals surface area contributed by atoms with Crippen LogP contribution < -0.4 is 14.4 Å². The predicted molar refractivity (Wildman–Crippen MR) is 125 cm³/mol. The highest BCUT2D eigenvalue weighted by Crippen LogP contribution is 2.33. The number of sulfonamides is 1. The van der Waals surface area contributed by atoms with Gasteiger partial charge in [-0.3, -0.25) is 9.10 Å². The summed E-state index contributed by atoms with van der Waals surface area (Å²) in [6.07, 6.45) is 0.687. The quantitative estimate of drug-likeness (QED) is 0.531. The normalized spacial score (nSPS) is 13.0. The summed E-state index contributed by atoms with van der Waals surface area (Å²) in [5.41, 5.74) is 2.47. The molecule has 0 saturated heterocycles. The van der Waals surface area contributed by atoms with Crippen LogP contribution in [0.4, 0.5) is 5.69 Å². The van der Waals surface area contributed by atoms with Crippen LogP contribution in [0.25, 0.3) is 0 Å². The van der Waals surface area contributed by atoms with Crippen molar-refractivity contribution in [2.75, 3.05) is 17.5 Å². The number of rotatable bonds is 7. The Morgan fingerprint density at radius 2 is 1.78 bits per heavy atom. The third-order valence-corrected chi connectivity index (χ3v) is 7.53. The Labute approximate surface area is 196 Å². The van der Waals surface area contributed by atoms with E-state index in [-0.39, 0.29) is 24.0 Å². The maximum Gasteiger partial charge on any atom is 0.264 e. The molecule has 0 aromatic heterocycles. The van der Waals surface area contributed by atoms with E-state index in [2.05, 4.69) is 5.32 Å². The molecule has 1 aliphatic heterocycles. The van der Waals surface area contributed by atoms with Crippen LogP contribution in [0.2, 0.25) is 10.0 Å². The monoisotopic (exact) mass is 490 g/mol. The molecule has 0 bridgehead atoms. The summed E-state index contributed by atoms with van der Waals surface area (Å²) in [7, 11) is -3.67. The molecule has 0 unspecified atom stereocenters. The minimum Gasteiger partial charge on any atom is -0.484 e. The fourth-order valence-corrected chi connectivity index (χ4v) is 5.43. The van der Waals surface area contributed by atoms with E-state index in [0.29, 0.717) is 34.4 Å². The van der Waals surface area contributed by atoms with Crippen LogP contribution in [0.3, 0.4) is 0 Å². The molecule has 1 amide bonds. The van der Waals surface area contributed by atoms with Crippen molar-refractivity contribution in [1.82, 2.24) is 5.32 Å². The summed E-state index contributed by atoms with van der Waals surface area (Å²) in [4.78, 5) is 12.2. The Morgan fingerprint density at radius 1 is 1.03 bits per heavy atom. The van der Waals surface area contributed by atoms with Gasteiger partial charge in [-0.25, -0.2) is 8.42 Å². The zero-order valence-corrected chi connectivity index (χ0v) is 19.3. The molecule has 3 aromatic carbocycles. The molecule has 0 aliphatic carbocycles. The Hall–Kier alpha value is -2.74. The number of benzene rings is 3. The third-order valence-electron chi connectivity index (χ3n) is 5.12. The topological polar surface area (TPSA) is 75.7 Å². The summed E-state index contributed by atoms with van der Waals surface area (Å²) >= 11 is 12.0. The summed E-state index contributed by atoms with van der Waals surface area (Å²) in [5.74, 6) is 0.0619. The van der Waals surface area contributed by atoms with Gasteiger partial charge in [-0.2, -0.15) is 0 Å². The first-order valence-electron chi connectivity index (χ1n) is 9.89. The number of fused-ring (bicyclic) bond motifs is 1. The van der Waals surface area contributed by atoms with E-state index in [9.17, 15) is 13.2 Å². The highest BCUT2D eigenvalue weighted by atomic mass is 35.5. The maximum atomic E-state index is 13.0. The molecular formula is C23H20Cl2N2O4S. The van der Waals surface area contributed by atoms with Crippen molar-refractivity contribution in [3.8, 4) is 5.75 Å². The Balaban J connectivity index is 1.34. The molecule has 6 nitrogen and oxygen atoms in total. The van der Waals surface area contributed by atoms with Gasteiger partial charge in [-0.15, -0.1) is 0 Å². The average Bonchev–Trinajstić information content (AvgIpc) is 3.22. The van der Waals surface area contributed by atoms with Gasteiger partial charge in [0, 0.05) is 23.1 Å². The van der Waals surface area contributed by atoms with Crippen LogP contribution >= 0.6 is 23.2 Å². The number of para-hydroxylation sites is 1. The fourth-order valence-electron chi connectivity index (χ4n) is 3.45. The van der Waals surface area contributed by atoms with E-state index in [0.717, 1.165) is 11.1 Å². The van der Waals surface area contributed by atoms with Crippen LogP contribution in [0.5, 0.6) is 5.75 Å². The van der Waals surface area contributed by atoms with Crippen molar-refractivity contribution in [3.63, 3.8) is 0 Å². The molecule has 1 aliphatic rings. The second-order valence-corrected chi connectivity index (χ2v) is 9.93. The van der Waals surface area contributed by atoms with E-state index in [1.807, 2.05) is 24.3 Å². The number of hydrogen-bond donors (Lipinski definition) is 1. The third kappa shape index (κ3) is 4.85. The Kier molecular flexibility index (Phi) is 6.60. The lowest BCUT2D eigenvalue weighted by Gasteiger charge is -2.19. The molecule has 1 heterocycles. The van der Waals surface area contributed by atoms with E-state index >= 15 is 0 Å². The number of amides is 1. The van der Waals surface area contributed by atoms with Gasteiger partial charge >= 0.3 is 0 Å². The zero-order valence-electron chi connectivity index (χ0n) is 16.9. The number of nitrogens with one attached hydrogen (secondary N) is 1. The van der Waals surface area contributed by atoms with Crippen molar-refractivity contribution >= 4 is 44.8 Å². The van der Waals surface area contributed by atoms with Gasteiger partial charge in [0.1, 0.15) is 5.75 Å². The Morgan fingerprint density at radius 3 is 2.53 bits per heavy atom. The number of ether oxygens (including phenoxy) is 1. The lowest BCUT2D eigenvalue weighted by Crippen LogP contribution is -2.29. The molecule has 0 saturated carbocycles. The molecule has 32 heavy (non-hydrogen) atoms. The summed E-state index contributed by atoms with van der Waals surface area (Å²) in [5, 5.41) is 3.71. The zero-order chi connectivity index (χ0) is 22.7. The number of hydrogen-bond acceptors (Lipinski definition) is 4. The molecule has 1 N–H and O–H groups in total. The number of nitrogens with zero attached hydrogens (tertiary/aromatic N) is 1. The SMILES string of the molecule is O=C(COc1ccc(S(=O)(=O)N2CCc3ccccc32)cc1)NCc1ccc(Cl)cc1Cl. The van der Waals surface area contributed by atoms with E-state index < -0.39 is 10.0 Å². The first-order chi connectivity index (χ1) is 15.3. The molecule has 4 rings (SSSR count). The van der Waals surface area contributed by atoms with Gasteiger partial charge in [0.05, 0.1) is 10.6 Å². The molecule has 166 valence electrons. The van der Waals surface area contributed by atoms with Crippen LogP contribution in [-0.4, -0.2) is 27.5 Å². The van der Waals surface area contributed by atoms with Gasteiger partial charge in [-0.05, 0) is 60.0 Å². The predicted octanol–water partition coefficient (Wildman–Crippen LogP) is 4.44. The van der Waals surface area contributed by atoms with Crippen LogP contribution in [-0.2, 0) is 27.8 Å². The highest BCUT2D eigenvalue weighted by molar-refractivity contribution is 7.92. The number of carbonyl (C=O) groups excluding carboxylic acids is 1. The fraction of sp³-hybridized carbons (Fsp3) is 0.174. The minimum atomic E-state index is -3.67. The Bertz CT molecular complexity index is 1250. The highest BCUT2D eigenvalue weighted by Gasteiger charge is 2.30. The molecule has 0 radical (unpaired) electrons. The van der Waals surface area contributed by atoms with E-state index in [1.54, 1.807) is 18.2 Å². The second kappa shape index (κ2) is 9.40. The van der Waals surface area contributed by atoms with Gasteiger partial charge in [0.15, 0.2) is 6.61 Å². The van der Waals surface area contributed by atoms with Crippen molar-refractivity contribution in [2.45, 2.75) is 17.9 Å². The molecule has 3 aromatic rings. The second-order valence-electron chi connectivity index (χ2n) is 7.23. The molecule has 9 heteroatoms. The average molecular weight is 491 g/mol. The van der Waals surface area contributed by atoms with Crippen LogP contribution in [0, 0.1) is 0 Å². The number of halogens is 2. The summed E-state index contributed by atoms with van der Waals surface area (Å²) < 4.78 is 33.0. The smallest absolute Gasteiger partial charge is 0.264 e. The lowest BCUT2D eigenvalue weighted by molar-refractivity contribution is -0.123. The van der Waals surface area contributed by atoms with Crippen LogP contribution in [0.1, 0.15) is 11.1 Å². The first-order valence-corrected chi connectivity index (χ1v) is 12.1. The van der Waals surface area contributed by atoms with Gasteiger partial charge in [-0.1, -0.05) is 47.5 Å². The van der Waals surface area contributed by atoms with Gasteiger partial charge in [0.2, 0.25) is 0 Å².